The molecule has 0 radical (unpaired) electrons. The van der Waals surface area contributed by atoms with Gasteiger partial charge in [0.2, 0.25) is 15.9 Å². The summed E-state index contributed by atoms with van der Waals surface area (Å²) in [5, 5.41) is 2.65. The summed E-state index contributed by atoms with van der Waals surface area (Å²) in [4.78, 5) is 26.2. The number of anilines is 1. The molecule has 25 heavy (non-hydrogen) atoms. The van der Waals surface area contributed by atoms with Crippen molar-refractivity contribution in [1.29, 1.82) is 0 Å². The Morgan fingerprint density at radius 1 is 1.16 bits per heavy atom. The van der Waals surface area contributed by atoms with E-state index in [2.05, 4.69) is 5.32 Å². The van der Waals surface area contributed by atoms with Crippen molar-refractivity contribution in [1.82, 2.24) is 10.2 Å². The fraction of sp³-hybridized carbons (Fsp3) is 0.529. The minimum atomic E-state index is -3.26. The van der Waals surface area contributed by atoms with Gasteiger partial charge >= 0.3 is 0 Å². The monoisotopic (exact) mass is 365 g/mol. The fourth-order valence-corrected chi connectivity index (χ4v) is 5.01. The van der Waals surface area contributed by atoms with Crippen molar-refractivity contribution in [3.8, 4) is 0 Å². The molecule has 0 aliphatic carbocycles. The summed E-state index contributed by atoms with van der Waals surface area (Å²) in [7, 11) is -1.64. The number of nitrogens with zero attached hydrogens (tertiary/aromatic N) is 2. The highest BCUT2D eigenvalue weighted by Gasteiger charge is 2.30. The van der Waals surface area contributed by atoms with E-state index < -0.39 is 10.0 Å². The molecule has 1 aromatic carbocycles. The molecule has 1 aromatic rings. The number of piperidine rings is 1. The topological polar surface area (TPSA) is 86.8 Å². The lowest BCUT2D eigenvalue weighted by atomic mass is 9.95. The van der Waals surface area contributed by atoms with Crippen molar-refractivity contribution in [2.24, 2.45) is 5.92 Å². The van der Waals surface area contributed by atoms with Crippen LogP contribution < -0.4 is 9.62 Å². The highest BCUT2D eigenvalue weighted by Crippen LogP contribution is 2.26. The van der Waals surface area contributed by atoms with Crippen LogP contribution in [0.3, 0.4) is 0 Å². The van der Waals surface area contributed by atoms with Crippen LogP contribution in [0.1, 0.15) is 29.6 Å². The van der Waals surface area contributed by atoms with E-state index in [1.165, 1.54) is 4.31 Å². The van der Waals surface area contributed by atoms with Gasteiger partial charge in [-0.25, -0.2) is 8.42 Å². The Kier molecular flexibility index (Phi) is 4.99. The summed E-state index contributed by atoms with van der Waals surface area (Å²) in [6, 6.07) is 6.79. The molecule has 2 saturated heterocycles. The number of carbonyl (C=O) groups is 2. The molecule has 136 valence electrons. The van der Waals surface area contributed by atoms with E-state index in [9.17, 15) is 18.0 Å². The Hall–Kier alpha value is -2.09. The van der Waals surface area contributed by atoms with Gasteiger partial charge in [-0.3, -0.25) is 13.9 Å². The van der Waals surface area contributed by atoms with Crippen LogP contribution in [-0.2, 0) is 14.8 Å². The Balaban J connectivity index is 1.71. The molecule has 2 heterocycles. The zero-order valence-corrected chi connectivity index (χ0v) is 15.1. The number of rotatable bonds is 3. The molecule has 2 aliphatic rings. The van der Waals surface area contributed by atoms with Crippen LogP contribution in [-0.4, -0.2) is 57.6 Å². The van der Waals surface area contributed by atoms with E-state index in [0.29, 0.717) is 50.1 Å². The molecule has 0 spiro atoms. The van der Waals surface area contributed by atoms with Gasteiger partial charge in [-0.15, -0.1) is 0 Å². The predicted octanol–water partition coefficient (Wildman–Crippen LogP) is 0.825. The molecular formula is C17H23N3O4S. The van der Waals surface area contributed by atoms with E-state index in [0.717, 1.165) is 0 Å². The smallest absolute Gasteiger partial charge is 0.253 e. The third-order valence-corrected chi connectivity index (χ3v) is 6.75. The number of benzene rings is 1. The molecular weight excluding hydrogens is 342 g/mol. The number of hydrogen-bond acceptors (Lipinski definition) is 4. The van der Waals surface area contributed by atoms with Crippen LogP contribution in [0.25, 0.3) is 0 Å². The Labute approximate surface area is 148 Å². The van der Waals surface area contributed by atoms with Gasteiger partial charge in [0.05, 0.1) is 11.4 Å². The second-order valence-electron chi connectivity index (χ2n) is 6.47. The van der Waals surface area contributed by atoms with Gasteiger partial charge in [-0.2, -0.15) is 0 Å². The second kappa shape index (κ2) is 7.03. The molecule has 2 fully saturated rings. The van der Waals surface area contributed by atoms with Crippen LogP contribution in [0.4, 0.5) is 5.69 Å². The van der Waals surface area contributed by atoms with E-state index in [1.807, 2.05) is 0 Å². The second-order valence-corrected chi connectivity index (χ2v) is 8.49. The summed E-state index contributed by atoms with van der Waals surface area (Å²) < 4.78 is 25.5. The summed E-state index contributed by atoms with van der Waals surface area (Å²) in [5.74, 6) is 0.00955. The van der Waals surface area contributed by atoms with Gasteiger partial charge < -0.3 is 10.2 Å². The molecule has 0 unspecified atom stereocenters. The fourth-order valence-electron chi connectivity index (χ4n) is 3.46. The van der Waals surface area contributed by atoms with Crippen LogP contribution >= 0.6 is 0 Å². The molecule has 0 aromatic heterocycles. The van der Waals surface area contributed by atoms with Crippen LogP contribution in [0.15, 0.2) is 24.3 Å². The molecule has 0 bridgehead atoms. The molecule has 0 saturated carbocycles. The lowest BCUT2D eigenvalue weighted by molar-refractivity contribution is -0.125. The molecule has 8 heteroatoms. The highest BCUT2D eigenvalue weighted by molar-refractivity contribution is 7.93. The van der Waals surface area contributed by atoms with Gasteiger partial charge in [0.25, 0.3) is 5.91 Å². The maximum absolute atomic E-state index is 12.7. The maximum atomic E-state index is 12.7. The number of sulfonamides is 1. The summed E-state index contributed by atoms with van der Waals surface area (Å²) in [6.45, 7) is 1.52. The lowest BCUT2D eigenvalue weighted by Gasteiger charge is -2.31. The van der Waals surface area contributed by atoms with Crippen molar-refractivity contribution in [2.45, 2.75) is 19.3 Å². The normalized spacial score (nSPS) is 20.5. The number of likely N-dealkylation sites (tertiary alicyclic amines) is 1. The summed E-state index contributed by atoms with van der Waals surface area (Å²) in [6.07, 6.45) is 1.89. The van der Waals surface area contributed by atoms with Crippen LogP contribution in [0.5, 0.6) is 0 Å². The zero-order chi connectivity index (χ0) is 18.0. The van der Waals surface area contributed by atoms with Crippen LogP contribution in [0.2, 0.25) is 0 Å². The first-order valence-corrected chi connectivity index (χ1v) is 10.1. The largest absolute Gasteiger partial charge is 0.359 e. The number of carbonyl (C=O) groups excluding carboxylic acids is 2. The Bertz CT molecular complexity index is 770. The van der Waals surface area contributed by atoms with Gasteiger partial charge in [0, 0.05) is 38.2 Å². The number of hydrogen-bond donors (Lipinski definition) is 1. The minimum absolute atomic E-state index is 0.0216. The SMILES string of the molecule is CNC(=O)C1CCN(C(=O)c2cccc(N3CCCS3(=O)=O)c2)CC1. The first kappa shape index (κ1) is 17.7. The van der Waals surface area contributed by atoms with Crippen molar-refractivity contribution in [3.05, 3.63) is 29.8 Å². The Morgan fingerprint density at radius 3 is 2.48 bits per heavy atom. The molecule has 1 N–H and O–H groups in total. The first-order valence-electron chi connectivity index (χ1n) is 8.54. The Morgan fingerprint density at radius 2 is 1.88 bits per heavy atom. The van der Waals surface area contributed by atoms with Gasteiger partial charge in [0.1, 0.15) is 0 Å². The van der Waals surface area contributed by atoms with Crippen molar-refractivity contribution in [3.63, 3.8) is 0 Å². The maximum Gasteiger partial charge on any atom is 0.253 e. The highest BCUT2D eigenvalue weighted by atomic mass is 32.2. The predicted molar refractivity (Wildman–Crippen MR) is 94.9 cm³/mol. The van der Waals surface area contributed by atoms with Gasteiger partial charge in [-0.1, -0.05) is 6.07 Å². The molecule has 0 atom stereocenters. The summed E-state index contributed by atoms with van der Waals surface area (Å²) >= 11 is 0. The minimum Gasteiger partial charge on any atom is -0.359 e. The van der Waals surface area contributed by atoms with E-state index in [4.69, 9.17) is 0 Å². The summed E-state index contributed by atoms with van der Waals surface area (Å²) in [5.41, 5.74) is 1.03. The van der Waals surface area contributed by atoms with Crippen molar-refractivity contribution >= 4 is 27.5 Å². The molecule has 2 amide bonds. The molecule has 2 aliphatic heterocycles. The van der Waals surface area contributed by atoms with E-state index in [1.54, 1.807) is 36.2 Å². The van der Waals surface area contributed by atoms with Gasteiger partial charge in [-0.05, 0) is 37.5 Å². The van der Waals surface area contributed by atoms with Crippen molar-refractivity contribution in [2.75, 3.05) is 36.7 Å². The quantitative estimate of drug-likeness (QED) is 0.859. The number of nitrogens with one attached hydrogen (secondary N) is 1. The standard InChI is InChI=1S/C17H23N3O4S/c1-18-16(21)13-6-9-19(10-7-13)17(22)14-4-2-5-15(12-14)20-8-3-11-25(20,23)24/h2,4-5,12-13H,3,6-11H2,1H3,(H,18,21). The van der Waals surface area contributed by atoms with E-state index in [-0.39, 0.29) is 23.5 Å². The molecule has 7 nitrogen and oxygen atoms in total. The third kappa shape index (κ3) is 3.63. The lowest BCUT2D eigenvalue weighted by Crippen LogP contribution is -2.42. The first-order chi connectivity index (χ1) is 11.9. The van der Waals surface area contributed by atoms with Gasteiger partial charge in [0.15, 0.2) is 0 Å². The zero-order valence-electron chi connectivity index (χ0n) is 14.3. The van der Waals surface area contributed by atoms with E-state index >= 15 is 0 Å². The molecule has 3 rings (SSSR count). The average Bonchev–Trinajstić information content (AvgIpc) is 2.99. The number of amides is 2. The third-order valence-electron chi connectivity index (χ3n) is 4.88. The van der Waals surface area contributed by atoms with Crippen molar-refractivity contribution < 1.29 is 18.0 Å². The average molecular weight is 365 g/mol. The van der Waals surface area contributed by atoms with Crippen LogP contribution in [0, 0.1) is 5.92 Å².